The van der Waals surface area contributed by atoms with Crippen LogP contribution >= 0.6 is 0 Å². The number of benzene rings is 1. The highest BCUT2D eigenvalue weighted by Crippen LogP contribution is 2.15. The summed E-state index contributed by atoms with van der Waals surface area (Å²) in [6.07, 6.45) is 1.62. The van der Waals surface area contributed by atoms with Crippen molar-refractivity contribution in [3.8, 4) is 0 Å². The molecule has 164 valence electrons. The topological polar surface area (TPSA) is 73.0 Å². The molecule has 1 aromatic rings. The zero-order valence-corrected chi connectivity index (χ0v) is 18.3. The van der Waals surface area contributed by atoms with Gasteiger partial charge >= 0.3 is 0 Å². The lowest BCUT2D eigenvalue weighted by Crippen LogP contribution is -2.46. The number of nitrogens with one attached hydrogen (secondary N) is 1. The van der Waals surface area contributed by atoms with Crippen molar-refractivity contribution < 1.29 is 17.6 Å². The summed E-state index contributed by atoms with van der Waals surface area (Å²) in [5.41, 5.74) is 0. The Labute approximate surface area is 173 Å². The second-order valence-corrected chi connectivity index (χ2v) is 9.41. The lowest BCUT2D eigenvalue weighted by Gasteiger charge is -2.33. The number of piperazine rings is 1. The summed E-state index contributed by atoms with van der Waals surface area (Å²) in [6, 6.07) is 4.74. The van der Waals surface area contributed by atoms with Crippen LogP contribution in [0.3, 0.4) is 0 Å². The molecule has 0 aromatic heterocycles. The van der Waals surface area contributed by atoms with Crippen LogP contribution in [0.4, 0.5) is 4.39 Å². The van der Waals surface area contributed by atoms with Gasteiger partial charge in [0.1, 0.15) is 5.82 Å². The van der Waals surface area contributed by atoms with Gasteiger partial charge in [0, 0.05) is 52.7 Å². The van der Waals surface area contributed by atoms with Gasteiger partial charge in [-0.25, -0.2) is 17.1 Å². The van der Waals surface area contributed by atoms with Gasteiger partial charge in [-0.15, -0.1) is 0 Å². The van der Waals surface area contributed by atoms with Crippen LogP contribution in [0.2, 0.25) is 0 Å². The molecule has 1 aliphatic rings. The van der Waals surface area contributed by atoms with Gasteiger partial charge in [-0.3, -0.25) is 4.79 Å². The summed E-state index contributed by atoms with van der Waals surface area (Å²) in [6.45, 7) is 9.51. The Bertz CT molecular complexity index is 735. The largest absolute Gasteiger partial charge is 0.356 e. The monoisotopic (exact) mass is 428 g/mol. The molecule has 0 spiro atoms. The average Bonchev–Trinajstić information content (AvgIpc) is 2.72. The molecule has 1 saturated heterocycles. The number of rotatable bonds is 11. The van der Waals surface area contributed by atoms with Crippen LogP contribution in [-0.4, -0.2) is 87.8 Å². The molecule has 1 fully saturated rings. The molecule has 7 nitrogen and oxygen atoms in total. The van der Waals surface area contributed by atoms with Gasteiger partial charge in [0.25, 0.3) is 0 Å². The summed E-state index contributed by atoms with van der Waals surface area (Å²) in [7, 11) is -2.20. The van der Waals surface area contributed by atoms with Gasteiger partial charge in [-0.05, 0) is 50.2 Å². The molecule has 1 aliphatic heterocycles. The minimum Gasteiger partial charge on any atom is -0.356 e. The number of halogens is 1. The fourth-order valence-corrected chi connectivity index (χ4v) is 4.53. The van der Waals surface area contributed by atoms with E-state index >= 15 is 0 Å². The molecule has 1 heterocycles. The molecule has 0 aliphatic carbocycles. The zero-order valence-electron chi connectivity index (χ0n) is 17.4. The smallest absolute Gasteiger partial charge is 0.242 e. The third kappa shape index (κ3) is 7.65. The highest BCUT2D eigenvalue weighted by atomic mass is 32.2. The van der Waals surface area contributed by atoms with Crippen LogP contribution in [-0.2, 0) is 14.8 Å². The molecule has 0 unspecified atom stereocenters. The Kier molecular flexibility index (Phi) is 9.48. The number of hydrogen-bond donors (Lipinski definition) is 1. The third-order valence-corrected chi connectivity index (χ3v) is 7.16. The van der Waals surface area contributed by atoms with E-state index in [-0.39, 0.29) is 23.8 Å². The minimum atomic E-state index is -3.67. The molecule has 0 atom stereocenters. The molecule has 0 bridgehead atoms. The maximum absolute atomic E-state index is 13.0. The van der Waals surface area contributed by atoms with Crippen molar-refractivity contribution >= 4 is 15.9 Å². The van der Waals surface area contributed by atoms with Gasteiger partial charge in [-0.2, -0.15) is 0 Å². The van der Waals surface area contributed by atoms with Crippen LogP contribution in [0, 0.1) is 5.82 Å². The van der Waals surface area contributed by atoms with Crippen LogP contribution in [0.5, 0.6) is 0 Å². The fourth-order valence-electron chi connectivity index (χ4n) is 3.32. The molecular formula is C20H33FN4O3S. The first-order chi connectivity index (χ1) is 13.8. The molecule has 1 aromatic carbocycles. The van der Waals surface area contributed by atoms with Crippen molar-refractivity contribution in [2.75, 3.05) is 59.4 Å². The van der Waals surface area contributed by atoms with Crippen molar-refractivity contribution in [2.45, 2.75) is 31.1 Å². The van der Waals surface area contributed by atoms with E-state index in [1.165, 1.54) is 23.5 Å². The molecular weight excluding hydrogens is 395 g/mol. The van der Waals surface area contributed by atoms with E-state index in [2.05, 4.69) is 22.0 Å². The van der Waals surface area contributed by atoms with Crippen molar-refractivity contribution in [3.63, 3.8) is 0 Å². The van der Waals surface area contributed by atoms with Crippen LogP contribution in [0.1, 0.15) is 26.2 Å². The van der Waals surface area contributed by atoms with Gasteiger partial charge in [0.05, 0.1) is 4.90 Å². The number of likely N-dealkylation sites (N-methyl/N-ethyl adjacent to an activating group) is 1. The summed E-state index contributed by atoms with van der Waals surface area (Å²) >= 11 is 0. The quantitative estimate of drug-likeness (QED) is 0.539. The Morgan fingerprint density at radius 1 is 1.10 bits per heavy atom. The van der Waals surface area contributed by atoms with E-state index in [1.807, 2.05) is 0 Å². The Hall–Kier alpha value is -1.55. The van der Waals surface area contributed by atoms with Crippen molar-refractivity contribution in [1.82, 2.24) is 19.4 Å². The third-order valence-electron chi connectivity index (χ3n) is 5.28. The second-order valence-electron chi connectivity index (χ2n) is 7.36. The molecule has 0 radical (unpaired) electrons. The second kappa shape index (κ2) is 11.6. The molecule has 1 N–H and O–H groups in total. The Balaban J connectivity index is 1.60. The van der Waals surface area contributed by atoms with E-state index in [1.54, 1.807) is 0 Å². The predicted octanol–water partition coefficient (Wildman–Crippen LogP) is 1.37. The van der Waals surface area contributed by atoms with Crippen LogP contribution in [0.15, 0.2) is 29.2 Å². The number of carbonyl (C=O) groups excluding carboxylic acids is 1. The summed E-state index contributed by atoms with van der Waals surface area (Å²) in [4.78, 5) is 16.9. The first-order valence-electron chi connectivity index (χ1n) is 10.3. The first-order valence-corrected chi connectivity index (χ1v) is 11.7. The van der Waals surface area contributed by atoms with Crippen molar-refractivity contribution in [2.24, 2.45) is 0 Å². The minimum absolute atomic E-state index is 0.0469. The highest BCUT2D eigenvalue weighted by molar-refractivity contribution is 7.89. The van der Waals surface area contributed by atoms with Gasteiger partial charge < -0.3 is 15.1 Å². The van der Waals surface area contributed by atoms with Crippen molar-refractivity contribution in [3.05, 3.63) is 30.1 Å². The maximum atomic E-state index is 13.0. The molecule has 1 amide bonds. The molecule has 2 rings (SSSR count). The maximum Gasteiger partial charge on any atom is 0.242 e. The number of hydrogen-bond acceptors (Lipinski definition) is 5. The van der Waals surface area contributed by atoms with Crippen LogP contribution < -0.4 is 5.32 Å². The first kappa shape index (κ1) is 23.7. The van der Waals surface area contributed by atoms with Gasteiger partial charge in [0.2, 0.25) is 15.9 Å². The van der Waals surface area contributed by atoms with Gasteiger partial charge in [-0.1, -0.05) is 6.92 Å². The van der Waals surface area contributed by atoms with E-state index in [0.717, 1.165) is 57.8 Å². The standard InChI is InChI=1S/C20H33FN4O3S/c1-3-24-14-16-25(17-15-24)13-5-11-22-20(26)6-4-12-23(2)29(27,28)19-9-7-18(21)8-10-19/h7-10H,3-6,11-17H2,1-2H3,(H,22,26). The predicted molar refractivity (Wildman–Crippen MR) is 112 cm³/mol. The Morgan fingerprint density at radius 2 is 1.72 bits per heavy atom. The van der Waals surface area contributed by atoms with E-state index in [0.29, 0.717) is 13.0 Å². The van der Waals surface area contributed by atoms with E-state index < -0.39 is 15.8 Å². The number of carbonyl (C=O) groups is 1. The number of sulfonamides is 1. The van der Waals surface area contributed by atoms with E-state index in [9.17, 15) is 17.6 Å². The van der Waals surface area contributed by atoms with Crippen molar-refractivity contribution in [1.29, 1.82) is 0 Å². The van der Waals surface area contributed by atoms with E-state index in [4.69, 9.17) is 0 Å². The summed E-state index contributed by atoms with van der Waals surface area (Å²) in [5, 5.41) is 2.91. The molecule has 0 saturated carbocycles. The Morgan fingerprint density at radius 3 is 2.34 bits per heavy atom. The molecule has 9 heteroatoms. The number of amides is 1. The summed E-state index contributed by atoms with van der Waals surface area (Å²) in [5.74, 6) is -0.542. The average molecular weight is 429 g/mol. The normalized spacial score (nSPS) is 16.3. The zero-order chi connectivity index (χ0) is 21.3. The highest BCUT2D eigenvalue weighted by Gasteiger charge is 2.20. The SMILES string of the molecule is CCN1CCN(CCCNC(=O)CCCN(C)S(=O)(=O)c2ccc(F)cc2)CC1. The van der Waals surface area contributed by atoms with Crippen LogP contribution in [0.25, 0.3) is 0 Å². The lowest BCUT2D eigenvalue weighted by molar-refractivity contribution is -0.121. The van der Waals surface area contributed by atoms with Gasteiger partial charge in [0.15, 0.2) is 0 Å². The molecule has 29 heavy (non-hydrogen) atoms. The lowest BCUT2D eigenvalue weighted by atomic mass is 10.2. The fraction of sp³-hybridized carbons (Fsp3) is 0.650. The summed E-state index contributed by atoms with van der Waals surface area (Å²) < 4.78 is 39.0. The number of nitrogens with zero attached hydrogens (tertiary/aromatic N) is 3.